The molecule has 0 saturated carbocycles. The van der Waals surface area contributed by atoms with Gasteiger partial charge in [0.25, 0.3) is 0 Å². The summed E-state index contributed by atoms with van der Waals surface area (Å²) in [5.74, 6) is 1.68. The molecule has 0 aliphatic carbocycles. The third-order valence-electron chi connectivity index (χ3n) is 2.83. The van der Waals surface area contributed by atoms with E-state index in [0.717, 1.165) is 31.3 Å². The Morgan fingerprint density at radius 3 is 1.80 bits per heavy atom. The Morgan fingerprint density at radius 1 is 1.16 bits per heavy atom. The molecule has 0 amide bonds. The number of nitrogens with one attached hydrogen (secondary N) is 1. The first-order chi connectivity index (χ1) is 12.0. The molecule has 0 aromatic rings. The molecule has 1 heterocycles. The van der Waals surface area contributed by atoms with Crippen molar-refractivity contribution in [3.63, 3.8) is 0 Å². The molecule has 4 nitrogen and oxygen atoms in total. The van der Waals surface area contributed by atoms with E-state index < -0.39 is 0 Å². The Labute approximate surface area is 161 Å². The van der Waals surface area contributed by atoms with Crippen LogP contribution in [0.15, 0.2) is 0 Å². The number of likely N-dealkylation sites (tertiary alicyclic amines) is 1. The molecule has 1 aliphatic rings. The van der Waals surface area contributed by atoms with E-state index in [1.807, 2.05) is 48.6 Å². The van der Waals surface area contributed by atoms with Crippen molar-refractivity contribution in [3.05, 3.63) is 0 Å². The van der Waals surface area contributed by atoms with Gasteiger partial charge in [-0.05, 0) is 58.8 Å². The molecule has 1 fully saturated rings. The van der Waals surface area contributed by atoms with Crippen molar-refractivity contribution < 1.29 is 9.53 Å². The van der Waals surface area contributed by atoms with Gasteiger partial charge in [0.1, 0.15) is 6.29 Å². The molecule has 0 aromatic heterocycles. The van der Waals surface area contributed by atoms with Crippen LogP contribution >= 0.6 is 0 Å². The molecule has 4 heteroatoms. The van der Waals surface area contributed by atoms with Crippen LogP contribution in [0, 0.1) is 11.8 Å². The Morgan fingerprint density at radius 2 is 1.60 bits per heavy atom. The van der Waals surface area contributed by atoms with Gasteiger partial charge in [-0.1, -0.05) is 55.4 Å². The first-order valence-electron chi connectivity index (χ1n) is 10.2. The summed E-state index contributed by atoms with van der Waals surface area (Å²) >= 11 is 0. The number of rotatable bonds is 5. The summed E-state index contributed by atoms with van der Waals surface area (Å²) in [6.45, 7) is 22.4. The molecular weight excluding hydrogens is 312 g/mol. The second-order valence-electron chi connectivity index (χ2n) is 5.39. The minimum absolute atomic E-state index is 0.750. The maximum Gasteiger partial charge on any atom is 0.116 e. The van der Waals surface area contributed by atoms with Crippen LogP contribution in [0.2, 0.25) is 0 Å². The summed E-state index contributed by atoms with van der Waals surface area (Å²) in [6, 6.07) is 0. The lowest BCUT2D eigenvalue weighted by Crippen LogP contribution is -2.14. The van der Waals surface area contributed by atoms with Crippen LogP contribution in [0.25, 0.3) is 0 Å². The summed E-state index contributed by atoms with van der Waals surface area (Å²) in [6.07, 6.45) is 3.35. The topological polar surface area (TPSA) is 41.6 Å². The third kappa shape index (κ3) is 45.2. The second-order valence-corrected chi connectivity index (χ2v) is 5.39. The molecule has 0 aromatic carbocycles. The van der Waals surface area contributed by atoms with Crippen LogP contribution in [-0.4, -0.2) is 58.6 Å². The quantitative estimate of drug-likeness (QED) is 0.687. The molecule has 1 rings (SSSR count). The number of methoxy groups -OCH3 is 1. The molecule has 0 bridgehead atoms. The average Bonchev–Trinajstić information content (AvgIpc) is 3.05. The zero-order valence-electron chi connectivity index (χ0n) is 19.7. The lowest BCUT2D eigenvalue weighted by atomic mass is 10.1. The normalized spacial score (nSPS) is 14.7. The van der Waals surface area contributed by atoms with Gasteiger partial charge in [0, 0.05) is 20.3 Å². The zero-order valence-corrected chi connectivity index (χ0v) is 19.7. The summed E-state index contributed by atoms with van der Waals surface area (Å²) < 4.78 is 5.02. The van der Waals surface area contributed by atoms with Crippen molar-refractivity contribution in [3.8, 4) is 0 Å². The number of carbonyl (C=O) groups is 1. The van der Waals surface area contributed by atoms with Crippen molar-refractivity contribution in [1.29, 1.82) is 0 Å². The van der Waals surface area contributed by atoms with Crippen molar-refractivity contribution in [2.24, 2.45) is 11.8 Å². The fourth-order valence-corrected chi connectivity index (χ4v) is 1.95. The van der Waals surface area contributed by atoms with Crippen LogP contribution in [0.5, 0.6) is 0 Å². The van der Waals surface area contributed by atoms with Crippen molar-refractivity contribution in [2.45, 2.75) is 75.2 Å². The van der Waals surface area contributed by atoms with Gasteiger partial charge in [0.15, 0.2) is 0 Å². The van der Waals surface area contributed by atoms with E-state index in [9.17, 15) is 0 Å². The first-order valence-corrected chi connectivity index (χ1v) is 10.2. The number of hydrogen-bond acceptors (Lipinski definition) is 4. The van der Waals surface area contributed by atoms with E-state index in [2.05, 4.69) is 31.1 Å². The largest absolute Gasteiger partial charge is 0.385 e. The summed E-state index contributed by atoms with van der Waals surface area (Å²) in [7, 11) is 5.94. The minimum Gasteiger partial charge on any atom is -0.385 e. The number of aldehydes is 1. The van der Waals surface area contributed by atoms with E-state index >= 15 is 0 Å². The van der Waals surface area contributed by atoms with Gasteiger partial charge in [-0.3, -0.25) is 0 Å². The highest BCUT2D eigenvalue weighted by Gasteiger charge is 2.18. The van der Waals surface area contributed by atoms with Gasteiger partial charge in [-0.2, -0.15) is 0 Å². The van der Waals surface area contributed by atoms with Gasteiger partial charge < -0.3 is 19.7 Å². The van der Waals surface area contributed by atoms with Gasteiger partial charge in [0.2, 0.25) is 0 Å². The summed E-state index contributed by atoms with van der Waals surface area (Å²) in [5, 5.41) is 3.07. The Kier molecular flexibility index (Phi) is 55.4. The SMILES string of the molecule is CC.CC.CC.CC=O.CNCC(C)C.COCCC1CCN(C)C1. The highest BCUT2D eigenvalue weighted by atomic mass is 16.5. The lowest BCUT2D eigenvalue weighted by molar-refractivity contribution is -0.106. The molecule has 1 saturated heterocycles. The molecule has 1 aliphatic heterocycles. The predicted octanol–water partition coefficient (Wildman–Crippen LogP) is 5.12. The zero-order chi connectivity index (χ0) is 21.1. The van der Waals surface area contributed by atoms with Crippen LogP contribution in [0.1, 0.15) is 75.2 Å². The number of ether oxygens (including phenoxy) is 1. The Hall–Kier alpha value is -0.450. The lowest BCUT2D eigenvalue weighted by Gasteiger charge is -2.08. The monoisotopic (exact) mass is 364 g/mol. The minimum atomic E-state index is 0.750. The van der Waals surface area contributed by atoms with E-state index in [-0.39, 0.29) is 0 Å². The molecule has 1 N–H and O–H groups in total. The molecule has 0 radical (unpaired) electrons. The molecule has 0 spiro atoms. The first kappa shape index (κ1) is 35.6. The Balaban J connectivity index is -0.0000000767. The van der Waals surface area contributed by atoms with Crippen LogP contribution in [0.3, 0.4) is 0 Å². The third-order valence-corrected chi connectivity index (χ3v) is 2.83. The smallest absolute Gasteiger partial charge is 0.116 e. The maximum absolute atomic E-state index is 8.81. The van der Waals surface area contributed by atoms with Gasteiger partial charge in [-0.15, -0.1) is 0 Å². The molecule has 1 unspecified atom stereocenters. The molecule has 158 valence electrons. The van der Waals surface area contributed by atoms with E-state index in [0.29, 0.717) is 0 Å². The molecular formula is C21H52N2O2. The van der Waals surface area contributed by atoms with Crippen LogP contribution in [-0.2, 0) is 9.53 Å². The maximum atomic E-state index is 8.81. The van der Waals surface area contributed by atoms with Gasteiger partial charge in [-0.25, -0.2) is 0 Å². The summed E-state index contributed by atoms with van der Waals surface area (Å²) in [4.78, 5) is 11.2. The number of carbonyl (C=O) groups excluding carboxylic acids is 1. The van der Waals surface area contributed by atoms with E-state index in [1.54, 1.807) is 7.11 Å². The van der Waals surface area contributed by atoms with Crippen molar-refractivity contribution >= 4 is 6.29 Å². The standard InChI is InChI=1S/C8H17NO.C5H13N.C2H4O.3C2H6/c1-9-5-3-8(7-9)4-6-10-2;1-5(2)4-6-3;1-2-3;3*1-2/h8H,3-7H2,1-2H3;5-6H,4H2,1-3H3;2H,1H3;3*1-2H3. The predicted molar refractivity (Wildman–Crippen MR) is 117 cm³/mol. The highest BCUT2D eigenvalue weighted by Crippen LogP contribution is 2.17. The van der Waals surface area contributed by atoms with E-state index in [1.165, 1.54) is 32.9 Å². The molecule has 1 atom stereocenters. The fraction of sp³-hybridized carbons (Fsp3) is 0.952. The van der Waals surface area contributed by atoms with Gasteiger partial charge >= 0.3 is 0 Å². The Bertz CT molecular complexity index is 189. The highest BCUT2D eigenvalue weighted by molar-refractivity contribution is 5.44. The van der Waals surface area contributed by atoms with Crippen molar-refractivity contribution in [2.75, 3.05) is 47.4 Å². The van der Waals surface area contributed by atoms with Crippen LogP contribution in [0.4, 0.5) is 0 Å². The number of nitrogens with zero attached hydrogens (tertiary/aromatic N) is 1. The molecule has 25 heavy (non-hydrogen) atoms. The van der Waals surface area contributed by atoms with Crippen LogP contribution < -0.4 is 5.32 Å². The summed E-state index contributed by atoms with van der Waals surface area (Å²) in [5.41, 5.74) is 0. The van der Waals surface area contributed by atoms with E-state index in [4.69, 9.17) is 9.53 Å². The van der Waals surface area contributed by atoms with Crippen molar-refractivity contribution in [1.82, 2.24) is 10.2 Å². The average molecular weight is 365 g/mol. The number of hydrogen-bond donors (Lipinski definition) is 1. The fourth-order valence-electron chi connectivity index (χ4n) is 1.95. The second kappa shape index (κ2) is 38.9. The van der Waals surface area contributed by atoms with Gasteiger partial charge in [0.05, 0.1) is 0 Å².